The molecule has 1 aromatic heterocycles. The second kappa shape index (κ2) is 8.49. The Labute approximate surface area is 153 Å². The molecule has 1 fully saturated rings. The zero-order valence-electron chi connectivity index (χ0n) is 14.9. The molecule has 0 radical (unpaired) electrons. The first-order valence-corrected chi connectivity index (χ1v) is 8.92. The lowest BCUT2D eigenvalue weighted by Crippen LogP contribution is -3.14. The van der Waals surface area contributed by atoms with Gasteiger partial charge in [-0.15, -0.1) is 0 Å². The van der Waals surface area contributed by atoms with E-state index in [1.54, 1.807) is 47.4 Å². The van der Waals surface area contributed by atoms with Crippen LogP contribution >= 0.6 is 0 Å². The molecular weight excluding hydrogens is 330 g/mol. The third-order valence-electron chi connectivity index (χ3n) is 4.60. The Kier molecular flexibility index (Phi) is 5.86. The second-order valence-electron chi connectivity index (χ2n) is 6.29. The Hall–Kier alpha value is -2.86. The third kappa shape index (κ3) is 4.40. The fourth-order valence-electron chi connectivity index (χ4n) is 3.00. The minimum Gasteiger partial charge on any atom is -0.465 e. The normalized spacial score (nSPS) is 15.7. The molecule has 0 aliphatic carbocycles. The van der Waals surface area contributed by atoms with Crippen LogP contribution < -0.4 is 10.2 Å². The number of amides is 2. The second-order valence-corrected chi connectivity index (χ2v) is 6.29. The van der Waals surface area contributed by atoms with E-state index >= 15 is 0 Å². The molecule has 2 N–H and O–H groups in total. The van der Waals surface area contributed by atoms with Gasteiger partial charge in [0.05, 0.1) is 39.0 Å². The van der Waals surface area contributed by atoms with E-state index in [2.05, 4.69) is 12.2 Å². The Morgan fingerprint density at radius 2 is 1.88 bits per heavy atom. The Morgan fingerprint density at radius 3 is 2.50 bits per heavy atom. The summed E-state index contributed by atoms with van der Waals surface area (Å²) in [7, 11) is 0. The maximum absolute atomic E-state index is 13.0. The van der Waals surface area contributed by atoms with Gasteiger partial charge in [-0.1, -0.05) is 18.2 Å². The van der Waals surface area contributed by atoms with Gasteiger partial charge in [-0.05, 0) is 31.2 Å². The summed E-state index contributed by atoms with van der Waals surface area (Å²) in [6.45, 7) is 6.40. The average molecular weight is 354 g/mol. The van der Waals surface area contributed by atoms with Crippen molar-refractivity contribution in [3.05, 3.63) is 65.7 Å². The number of hydrogen-bond acceptors (Lipinski definition) is 3. The standard InChI is InChI=1S/C20H23N3O3/c1-2-22-10-12-23(13-11-22)20(25)18(15-17-9-6-14-26-17)21-19(24)16-7-4-3-5-8-16/h3-9,14-15H,2,10-13H2,1H3,(H,21,24)/p+1. The lowest BCUT2D eigenvalue weighted by Gasteiger charge is -2.32. The summed E-state index contributed by atoms with van der Waals surface area (Å²) in [5.41, 5.74) is 0.736. The van der Waals surface area contributed by atoms with Gasteiger partial charge in [0.15, 0.2) is 0 Å². The number of hydrogen-bond donors (Lipinski definition) is 2. The molecule has 1 aliphatic rings. The van der Waals surface area contributed by atoms with Gasteiger partial charge in [0.1, 0.15) is 11.5 Å². The monoisotopic (exact) mass is 354 g/mol. The molecule has 3 rings (SSSR count). The molecule has 1 saturated heterocycles. The number of likely N-dealkylation sites (N-methyl/N-ethyl adjacent to an activating group) is 1. The first-order chi connectivity index (χ1) is 12.7. The van der Waals surface area contributed by atoms with Crippen molar-refractivity contribution in [2.24, 2.45) is 0 Å². The molecule has 0 spiro atoms. The minimum atomic E-state index is -0.311. The van der Waals surface area contributed by atoms with Crippen LogP contribution in [0.4, 0.5) is 0 Å². The Bertz CT molecular complexity index is 761. The number of furan rings is 1. The highest BCUT2D eigenvalue weighted by molar-refractivity contribution is 6.05. The van der Waals surface area contributed by atoms with Crippen LogP contribution in [0.1, 0.15) is 23.0 Å². The summed E-state index contributed by atoms with van der Waals surface area (Å²) in [5.74, 6) is 0.0370. The number of benzene rings is 1. The molecule has 136 valence electrons. The van der Waals surface area contributed by atoms with Crippen molar-refractivity contribution in [3.8, 4) is 0 Å². The van der Waals surface area contributed by atoms with Crippen LogP contribution in [0, 0.1) is 0 Å². The van der Waals surface area contributed by atoms with E-state index in [1.165, 1.54) is 11.2 Å². The zero-order chi connectivity index (χ0) is 18.4. The van der Waals surface area contributed by atoms with Crippen LogP contribution in [0.5, 0.6) is 0 Å². The molecular formula is C20H24N3O3+. The highest BCUT2D eigenvalue weighted by Gasteiger charge is 2.26. The number of nitrogens with zero attached hydrogens (tertiary/aromatic N) is 1. The van der Waals surface area contributed by atoms with Crippen molar-refractivity contribution in [3.63, 3.8) is 0 Å². The summed E-state index contributed by atoms with van der Waals surface area (Å²) in [6, 6.07) is 12.4. The van der Waals surface area contributed by atoms with Crippen molar-refractivity contribution in [1.82, 2.24) is 10.2 Å². The van der Waals surface area contributed by atoms with Gasteiger partial charge >= 0.3 is 0 Å². The number of carbonyl (C=O) groups is 2. The minimum absolute atomic E-state index is 0.180. The Morgan fingerprint density at radius 1 is 1.15 bits per heavy atom. The van der Waals surface area contributed by atoms with Crippen molar-refractivity contribution in [1.29, 1.82) is 0 Å². The predicted octanol–water partition coefficient (Wildman–Crippen LogP) is 0.798. The van der Waals surface area contributed by atoms with Gasteiger partial charge in [-0.25, -0.2) is 0 Å². The summed E-state index contributed by atoms with van der Waals surface area (Å²) in [5, 5.41) is 2.76. The largest absolute Gasteiger partial charge is 0.465 e. The van der Waals surface area contributed by atoms with Crippen LogP contribution in [0.15, 0.2) is 58.8 Å². The first kappa shape index (κ1) is 17.9. The van der Waals surface area contributed by atoms with E-state index in [-0.39, 0.29) is 17.5 Å². The van der Waals surface area contributed by atoms with Crippen LogP contribution in [0.2, 0.25) is 0 Å². The average Bonchev–Trinajstić information content (AvgIpc) is 3.21. The smallest absolute Gasteiger partial charge is 0.270 e. The molecule has 0 bridgehead atoms. The van der Waals surface area contributed by atoms with Crippen molar-refractivity contribution >= 4 is 17.9 Å². The van der Waals surface area contributed by atoms with E-state index < -0.39 is 0 Å². The maximum Gasteiger partial charge on any atom is 0.270 e. The molecule has 6 heteroatoms. The van der Waals surface area contributed by atoms with E-state index in [1.807, 2.05) is 6.07 Å². The SMILES string of the molecule is CC[NH+]1CCN(C(=O)C(=Cc2ccco2)NC(=O)c2ccccc2)CC1. The molecule has 0 saturated carbocycles. The highest BCUT2D eigenvalue weighted by Crippen LogP contribution is 2.10. The fourth-order valence-corrected chi connectivity index (χ4v) is 3.00. The van der Waals surface area contributed by atoms with Crippen LogP contribution in [-0.4, -0.2) is 49.4 Å². The van der Waals surface area contributed by atoms with E-state index in [0.717, 1.165) is 19.6 Å². The number of nitrogens with one attached hydrogen (secondary N) is 2. The fraction of sp³-hybridized carbons (Fsp3) is 0.300. The highest BCUT2D eigenvalue weighted by atomic mass is 16.3. The zero-order valence-corrected chi connectivity index (χ0v) is 14.9. The lowest BCUT2D eigenvalue weighted by atomic mass is 10.2. The molecule has 2 heterocycles. The molecule has 0 unspecified atom stereocenters. The number of piperazine rings is 1. The maximum atomic E-state index is 13.0. The predicted molar refractivity (Wildman–Crippen MR) is 98.4 cm³/mol. The molecule has 2 amide bonds. The van der Waals surface area contributed by atoms with E-state index in [9.17, 15) is 9.59 Å². The first-order valence-electron chi connectivity index (χ1n) is 8.92. The van der Waals surface area contributed by atoms with Crippen LogP contribution in [0.25, 0.3) is 6.08 Å². The molecule has 2 aromatic rings. The quantitative estimate of drug-likeness (QED) is 0.781. The van der Waals surface area contributed by atoms with Crippen LogP contribution in [-0.2, 0) is 4.79 Å². The van der Waals surface area contributed by atoms with Gasteiger partial charge in [-0.3, -0.25) is 9.59 Å². The number of quaternary nitrogens is 1. The van der Waals surface area contributed by atoms with Gasteiger partial charge < -0.3 is 19.5 Å². The van der Waals surface area contributed by atoms with Gasteiger partial charge in [0.2, 0.25) is 0 Å². The van der Waals surface area contributed by atoms with Crippen molar-refractivity contribution in [2.75, 3.05) is 32.7 Å². The number of carbonyl (C=O) groups excluding carboxylic acids is 2. The summed E-state index contributed by atoms with van der Waals surface area (Å²) in [6.07, 6.45) is 3.12. The summed E-state index contributed by atoms with van der Waals surface area (Å²) >= 11 is 0. The lowest BCUT2D eigenvalue weighted by molar-refractivity contribution is -0.902. The van der Waals surface area contributed by atoms with Gasteiger partial charge in [0.25, 0.3) is 11.8 Å². The van der Waals surface area contributed by atoms with Gasteiger partial charge in [-0.2, -0.15) is 0 Å². The molecule has 6 nitrogen and oxygen atoms in total. The van der Waals surface area contributed by atoms with Gasteiger partial charge in [0, 0.05) is 11.6 Å². The van der Waals surface area contributed by atoms with Crippen LogP contribution in [0.3, 0.4) is 0 Å². The molecule has 1 aliphatic heterocycles. The topological polar surface area (TPSA) is 67.0 Å². The third-order valence-corrected chi connectivity index (χ3v) is 4.60. The molecule has 1 aromatic carbocycles. The van der Waals surface area contributed by atoms with E-state index in [4.69, 9.17) is 4.42 Å². The summed E-state index contributed by atoms with van der Waals surface area (Å²) < 4.78 is 5.32. The van der Waals surface area contributed by atoms with Crippen molar-refractivity contribution in [2.45, 2.75) is 6.92 Å². The van der Waals surface area contributed by atoms with Crippen molar-refractivity contribution < 1.29 is 18.9 Å². The Balaban J connectivity index is 1.78. The molecule has 26 heavy (non-hydrogen) atoms. The number of rotatable bonds is 5. The summed E-state index contributed by atoms with van der Waals surface area (Å²) in [4.78, 5) is 28.8. The van der Waals surface area contributed by atoms with E-state index in [0.29, 0.717) is 24.4 Å². The molecule has 0 atom stereocenters.